The number of aromatic nitrogens is 1. The average molecular weight is 340 g/mol. The van der Waals surface area contributed by atoms with Gasteiger partial charge in [-0.3, -0.25) is 4.98 Å². The first-order chi connectivity index (χ1) is 11.9. The summed E-state index contributed by atoms with van der Waals surface area (Å²) in [5.41, 5.74) is 4.18. The summed E-state index contributed by atoms with van der Waals surface area (Å²) in [5.74, 6) is 1.11. The molecule has 3 heterocycles. The fraction of sp³-hybridized carbons (Fsp3) is 0.600. The molecule has 0 radical (unpaired) electrons. The Hall–Kier alpha value is -1.88. The molecule has 1 fully saturated rings. The van der Waals surface area contributed by atoms with Crippen molar-refractivity contribution in [3.63, 3.8) is 0 Å². The van der Waals surface area contributed by atoms with Gasteiger partial charge in [0.2, 0.25) is 0 Å². The zero-order chi connectivity index (χ0) is 17.6. The Kier molecular flexibility index (Phi) is 4.07. The van der Waals surface area contributed by atoms with Crippen molar-refractivity contribution in [2.75, 3.05) is 13.1 Å². The second-order valence-electron chi connectivity index (χ2n) is 8.75. The van der Waals surface area contributed by atoms with E-state index in [1.54, 1.807) is 11.8 Å². The zero-order valence-corrected chi connectivity index (χ0v) is 15.4. The number of hydrogen-bond donors (Lipinski definition) is 2. The first kappa shape index (κ1) is 16.6. The van der Waals surface area contributed by atoms with Crippen LogP contribution in [0.15, 0.2) is 30.1 Å². The minimum atomic E-state index is 0.0390. The Balaban J connectivity index is 1.33. The smallest absolute Gasteiger partial charge is 0.318 e. The molecule has 25 heavy (non-hydrogen) atoms. The maximum Gasteiger partial charge on any atom is 0.318 e. The van der Waals surface area contributed by atoms with E-state index in [-0.39, 0.29) is 11.4 Å². The van der Waals surface area contributed by atoms with Crippen molar-refractivity contribution in [2.24, 2.45) is 17.3 Å². The van der Waals surface area contributed by atoms with Gasteiger partial charge in [0.15, 0.2) is 0 Å². The Morgan fingerprint density at radius 2 is 2.16 bits per heavy atom. The molecule has 5 nitrogen and oxygen atoms in total. The third-order valence-corrected chi connectivity index (χ3v) is 5.78. The van der Waals surface area contributed by atoms with Crippen LogP contribution in [0.1, 0.15) is 38.3 Å². The van der Waals surface area contributed by atoms with Crippen LogP contribution in [0.2, 0.25) is 0 Å². The van der Waals surface area contributed by atoms with Crippen LogP contribution >= 0.6 is 0 Å². The van der Waals surface area contributed by atoms with E-state index in [9.17, 15) is 4.79 Å². The van der Waals surface area contributed by atoms with E-state index < -0.39 is 0 Å². The van der Waals surface area contributed by atoms with Crippen molar-refractivity contribution in [3.8, 4) is 0 Å². The van der Waals surface area contributed by atoms with Crippen molar-refractivity contribution in [2.45, 2.75) is 46.3 Å². The second-order valence-corrected chi connectivity index (χ2v) is 8.75. The maximum absolute atomic E-state index is 12.5. The summed E-state index contributed by atoms with van der Waals surface area (Å²) in [6, 6.07) is 2.51. The molecule has 0 spiro atoms. The molecule has 2 N–H and O–H groups in total. The van der Waals surface area contributed by atoms with Gasteiger partial charge in [0.1, 0.15) is 0 Å². The van der Waals surface area contributed by atoms with Crippen molar-refractivity contribution in [3.05, 3.63) is 41.2 Å². The van der Waals surface area contributed by atoms with Gasteiger partial charge in [0.05, 0.1) is 0 Å². The molecule has 1 aliphatic carbocycles. The molecule has 0 aromatic carbocycles. The topological polar surface area (TPSA) is 57.3 Å². The molecule has 0 saturated carbocycles. The minimum Gasteiger partial charge on any atom is -0.337 e. The van der Waals surface area contributed by atoms with Crippen molar-refractivity contribution >= 4 is 6.03 Å². The van der Waals surface area contributed by atoms with E-state index >= 15 is 0 Å². The summed E-state index contributed by atoms with van der Waals surface area (Å²) in [7, 11) is 0. The number of carbonyl (C=O) groups excluding carboxylic acids is 1. The van der Waals surface area contributed by atoms with Crippen LogP contribution in [-0.4, -0.2) is 35.0 Å². The highest BCUT2D eigenvalue weighted by Gasteiger charge is 2.41. The molecule has 1 saturated heterocycles. The number of nitrogens with one attached hydrogen (secondary N) is 2. The third kappa shape index (κ3) is 3.17. The summed E-state index contributed by atoms with van der Waals surface area (Å²) in [4.78, 5) is 18.5. The first-order valence-electron chi connectivity index (χ1n) is 9.31. The standard InChI is InChI=1S/C20H28N4O/c1-20(2,3)18-17-7-13(6-15(17)10-22-18)8-23-19(25)24-11-14-4-5-21-9-16(14)12-24/h4-5,7,9,13,15,18,22H,6,8,10-12H2,1-3H3,(H,23,25). The highest BCUT2D eigenvalue weighted by molar-refractivity contribution is 5.75. The van der Waals surface area contributed by atoms with Crippen molar-refractivity contribution in [1.29, 1.82) is 0 Å². The molecule has 3 aliphatic rings. The van der Waals surface area contributed by atoms with Gasteiger partial charge < -0.3 is 15.5 Å². The fourth-order valence-electron chi connectivity index (χ4n) is 4.53. The van der Waals surface area contributed by atoms with Gasteiger partial charge in [-0.05, 0) is 40.9 Å². The number of nitrogens with zero attached hydrogens (tertiary/aromatic N) is 2. The molecule has 3 atom stereocenters. The largest absolute Gasteiger partial charge is 0.337 e. The first-order valence-corrected chi connectivity index (χ1v) is 9.31. The Morgan fingerprint density at radius 1 is 1.36 bits per heavy atom. The van der Waals surface area contributed by atoms with Gasteiger partial charge in [-0.1, -0.05) is 32.4 Å². The van der Waals surface area contributed by atoms with E-state index in [0.29, 0.717) is 31.0 Å². The summed E-state index contributed by atoms with van der Waals surface area (Å²) in [6.45, 7) is 10.1. The molecule has 1 aromatic rings. The molecule has 134 valence electrons. The number of urea groups is 1. The molecule has 1 aromatic heterocycles. The summed E-state index contributed by atoms with van der Waals surface area (Å²) in [5, 5.41) is 6.81. The van der Waals surface area contributed by atoms with Crippen LogP contribution in [0.4, 0.5) is 4.79 Å². The van der Waals surface area contributed by atoms with E-state index in [1.165, 1.54) is 5.56 Å². The maximum atomic E-state index is 12.5. The third-order valence-electron chi connectivity index (χ3n) is 5.78. The van der Waals surface area contributed by atoms with E-state index in [4.69, 9.17) is 0 Å². The number of amides is 2. The van der Waals surface area contributed by atoms with Gasteiger partial charge in [-0.25, -0.2) is 4.79 Å². The summed E-state index contributed by atoms with van der Waals surface area (Å²) in [6.07, 6.45) is 7.23. The zero-order valence-electron chi connectivity index (χ0n) is 15.4. The predicted molar refractivity (Wildman–Crippen MR) is 97.8 cm³/mol. The molecule has 2 amide bonds. The van der Waals surface area contributed by atoms with Crippen LogP contribution in [0.5, 0.6) is 0 Å². The molecular formula is C20H28N4O. The lowest BCUT2D eigenvalue weighted by molar-refractivity contribution is 0.197. The second kappa shape index (κ2) is 6.13. The monoisotopic (exact) mass is 340 g/mol. The Morgan fingerprint density at radius 3 is 2.92 bits per heavy atom. The Bertz CT molecular complexity index is 681. The van der Waals surface area contributed by atoms with Gasteiger partial charge in [-0.2, -0.15) is 0 Å². The van der Waals surface area contributed by atoms with Gasteiger partial charge in [0, 0.05) is 44.6 Å². The van der Waals surface area contributed by atoms with Gasteiger partial charge >= 0.3 is 6.03 Å². The number of pyridine rings is 1. The SMILES string of the molecule is CC(C)(C)C1NCC2CC(CNC(=O)N3Cc4ccncc4C3)C=C21. The van der Waals surface area contributed by atoms with Crippen LogP contribution in [0, 0.1) is 17.3 Å². The number of hydrogen-bond acceptors (Lipinski definition) is 3. The average Bonchev–Trinajstić information content (AvgIpc) is 3.24. The molecule has 0 bridgehead atoms. The molecule has 3 unspecified atom stereocenters. The number of rotatable bonds is 2. The van der Waals surface area contributed by atoms with Crippen molar-refractivity contribution < 1.29 is 4.79 Å². The normalized spacial score (nSPS) is 27.9. The quantitative estimate of drug-likeness (QED) is 0.814. The van der Waals surface area contributed by atoms with E-state index in [0.717, 1.165) is 25.1 Å². The van der Waals surface area contributed by atoms with Crippen molar-refractivity contribution in [1.82, 2.24) is 20.5 Å². The van der Waals surface area contributed by atoms with Crippen LogP contribution in [0.3, 0.4) is 0 Å². The van der Waals surface area contributed by atoms with Crippen LogP contribution in [-0.2, 0) is 13.1 Å². The fourth-order valence-corrected chi connectivity index (χ4v) is 4.53. The molecular weight excluding hydrogens is 312 g/mol. The predicted octanol–water partition coefficient (Wildman–Crippen LogP) is 2.69. The van der Waals surface area contributed by atoms with E-state index in [2.05, 4.69) is 42.5 Å². The summed E-state index contributed by atoms with van der Waals surface area (Å²) >= 11 is 0. The van der Waals surface area contributed by atoms with E-state index in [1.807, 2.05) is 17.2 Å². The van der Waals surface area contributed by atoms with Crippen LogP contribution in [0.25, 0.3) is 0 Å². The molecule has 2 aliphatic heterocycles. The number of carbonyl (C=O) groups is 1. The lowest BCUT2D eigenvalue weighted by atomic mass is 9.82. The highest BCUT2D eigenvalue weighted by atomic mass is 16.2. The minimum absolute atomic E-state index is 0.0390. The molecule has 5 heteroatoms. The lowest BCUT2D eigenvalue weighted by Crippen LogP contribution is -2.39. The Labute approximate surface area is 149 Å². The van der Waals surface area contributed by atoms with Gasteiger partial charge in [0.25, 0.3) is 0 Å². The summed E-state index contributed by atoms with van der Waals surface area (Å²) < 4.78 is 0. The van der Waals surface area contributed by atoms with Crippen LogP contribution < -0.4 is 10.6 Å². The number of fused-ring (bicyclic) bond motifs is 2. The highest BCUT2D eigenvalue weighted by Crippen LogP contribution is 2.41. The van der Waals surface area contributed by atoms with Gasteiger partial charge in [-0.15, -0.1) is 0 Å². The lowest BCUT2D eigenvalue weighted by Gasteiger charge is -2.28. The molecule has 4 rings (SSSR count).